The Balaban J connectivity index is 1.71. The number of hydrogen-bond donors (Lipinski definition) is 1. The molecule has 294 valence electrons. The molecule has 56 heavy (non-hydrogen) atoms. The molecule has 0 saturated carbocycles. The molecule has 6 aromatic rings. The average Bonchev–Trinajstić information content (AvgIpc) is 3.72. The Bertz CT molecular complexity index is 2150. The van der Waals surface area contributed by atoms with Gasteiger partial charge in [0, 0.05) is 59.5 Å². The first-order chi connectivity index (χ1) is 26.4. The molecule has 0 aliphatic rings. The van der Waals surface area contributed by atoms with Crippen molar-refractivity contribution in [3.05, 3.63) is 117 Å². The maximum Gasteiger partial charge on any atom is 0.191 e. The third-order valence-corrected chi connectivity index (χ3v) is 12.1. The lowest BCUT2D eigenvalue weighted by Gasteiger charge is -2.32. The minimum Gasteiger partial charge on any atom is -0.320 e. The summed E-state index contributed by atoms with van der Waals surface area (Å²) in [7, 11) is 3.96. The maximum absolute atomic E-state index is 8.01. The fourth-order valence-corrected chi connectivity index (χ4v) is 9.22. The van der Waals surface area contributed by atoms with Crippen LogP contribution in [-0.4, -0.2) is 39.5 Å². The number of nitrogens with zero attached hydrogens (tertiary/aromatic N) is 8. The van der Waals surface area contributed by atoms with Crippen molar-refractivity contribution in [2.24, 2.45) is 30.7 Å². The predicted molar refractivity (Wildman–Crippen MR) is 232 cm³/mol. The van der Waals surface area contributed by atoms with Crippen molar-refractivity contribution in [3.63, 3.8) is 0 Å². The summed E-state index contributed by atoms with van der Waals surface area (Å²) in [4.78, 5) is 11.0. The van der Waals surface area contributed by atoms with Crippen LogP contribution in [0.2, 0.25) is 0 Å². The molecule has 0 spiro atoms. The van der Waals surface area contributed by atoms with E-state index in [0.29, 0.717) is 11.5 Å². The van der Waals surface area contributed by atoms with Crippen molar-refractivity contribution in [2.75, 3.05) is 0 Å². The number of pyridine rings is 2. The van der Waals surface area contributed by atoms with E-state index in [4.69, 9.17) is 15.7 Å². The Kier molecular flexibility index (Phi) is 12.3. The molecule has 0 aliphatic carbocycles. The Labute approximate surface area is 341 Å². The molecule has 0 radical (unpaired) electrons. The zero-order chi connectivity index (χ0) is 40.5. The molecule has 0 aliphatic heterocycles. The van der Waals surface area contributed by atoms with E-state index in [9.17, 15) is 0 Å². The van der Waals surface area contributed by atoms with Crippen LogP contribution in [0.25, 0.3) is 22.3 Å². The van der Waals surface area contributed by atoms with Gasteiger partial charge in [-0.15, -0.1) is 20.4 Å². The van der Waals surface area contributed by atoms with Crippen LogP contribution in [0.3, 0.4) is 0 Å². The summed E-state index contributed by atoms with van der Waals surface area (Å²) in [6.07, 6.45) is 5.01. The Morgan fingerprint density at radius 3 is 1.25 bits per heavy atom. The van der Waals surface area contributed by atoms with Gasteiger partial charge in [-0.2, -0.15) is 0 Å². The first-order valence-electron chi connectivity index (χ1n) is 19.3. The minimum atomic E-state index is -0.546. The van der Waals surface area contributed by atoms with Gasteiger partial charge in [-0.3, -0.25) is 9.97 Å². The number of thioether (sulfide) groups is 2. The predicted octanol–water partition coefficient (Wildman–Crippen LogP) is 10.1. The molecule has 4 heterocycles. The van der Waals surface area contributed by atoms with E-state index in [1.54, 1.807) is 36.2 Å². The molecule has 0 fully saturated rings. The lowest BCUT2D eigenvalue weighted by atomic mass is 9.78. The topological polar surface area (TPSA) is 113 Å². The zero-order valence-corrected chi connectivity index (χ0v) is 36.8. The molecule has 0 amide bonds. The zero-order valence-electron chi connectivity index (χ0n) is 35.2. The van der Waals surface area contributed by atoms with Crippen molar-refractivity contribution in [1.82, 2.24) is 39.5 Å². The van der Waals surface area contributed by atoms with Gasteiger partial charge in [-0.05, 0) is 84.7 Å². The SMILES string of the molecule is Cc1ccc(-c2c(CSc3nncn3C)c(C)nc(CC(C)(C)C)c2C(N)c2c(CC(C)(C)C)nc(C)c(CSc3nncn3C)c2-c2ccc(C)cc2)cc1. The summed E-state index contributed by atoms with van der Waals surface area (Å²) in [5.74, 6) is 1.32. The van der Waals surface area contributed by atoms with Crippen LogP contribution in [0.4, 0.5) is 0 Å². The average molecular weight is 788 g/mol. The fraction of sp³-hybridized carbons (Fsp3) is 0.422. The molecule has 4 aromatic heterocycles. The standard InChI is InChI=1S/C45H57N9S2/c1-27-13-17-31(18-14-27)37-33(23-55-42-51-47-25-53(42)11)29(3)49-35(21-44(5,6)7)39(37)41(46)40-36(22-45(8,9)10)50-30(4)34(24-56-43-52-48-26-54(43)12)38(40)32-19-15-28(2)16-20-32/h13-20,25-26,41H,21-24,46H2,1-12H3. The van der Waals surface area contributed by atoms with Crippen LogP contribution in [0.1, 0.15) is 104 Å². The van der Waals surface area contributed by atoms with Crippen molar-refractivity contribution < 1.29 is 0 Å². The highest BCUT2D eigenvalue weighted by atomic mass is 32.2. The molecule has 2 N–H and O–H groups in total. The van der Waals surface area contributed by atoms with Gasteiger partial charge >= 0.3 is 0 Å². The van der Waals surface area contributed by atoms with Gasteiger partial charge in [-0.1, -0.05) is 125 Å². The largest absolute Gasteiger partial charge is 0.320 e. The molecular weight excluding hydrogens is 731 g/mol. The summed E-state index contributed by atoms with van der Waals surface area (Å²) in [5.41, 5.74) is 23.3. The monoisotopic (exact) mass is 787 g/mol. The number of rotatable bonds is 12. The number of nitrogens with two attached hydrogens (primary N) is 1. The highest BCUT2D eigenvalue weighted by molar-refractivity contribution is 7.98. The second-order valence-electron chi connectivity index (χ2n) is 17.5. The first kappa shape index (κ1) is 41.3. The number of aromatic nitrogens is 8. The van der Waals surface area contributed by atoms with Crippen LogP contribution in [0, 0.1) is 38.5 Å². The van der Waals surface area contributed by atoms with Gasteiger partial charge in [0.1, 0.15) is 12.7 Å². The second-order valence-corrected chi connectivity index (χ2v) is 19.4. The number of hydrogen-bond acceptors (Lipinski definition) is 9. The van der Waals surface area contributed by atoms with E-state index in [1.165, 1.54) is 11.1 Å². The van der Waals surface area contributed by atoms with E-state index >= 15 is 0 Å². The third kappa shape index (κ3) is 9.44. The first-order valence-corrected chi connectivity index (χ1v) is 21.2. The molecule has 2 aromatic carbocycles. The molecule has 9 nitrogen and oxygen atoms in total. The van der Waals surface area contributed by atoms with Crippen LogP contribution in [-0.2, 0) is 38.4 Å². The van der Waals surface area contributed by atoms with Gasteiger partial charge < -0.3 is 14.9 Å². The fourth-order valence-electron chi connectivity index (χ4n) is 7.26. The quantitative estimate of drug-likeness (QED) is 0.121. The van der Waals surface area contributed by atoms with Crippen molar-refractivity contribution >= 4 is 23.5 Å². The molecular formula is C45H57N9S2. The van der Waals surface area contributed by atoms with Crippen molar-refractivity contribution in [2.45, 2.75) is 110 Å². The van der Waals surface area contributed by atoms with Gasteiger partial charge in [-0.25, -0.2) is 0 Å². The van der Waals surface area contributed by atoms with Crippen LogP contribution >= 0.6 is 23.5 Å². The van der Waals surface area contributed by atoms with Crippen LogP contribution in [0.5, 0.6) is 0 Å². The summed E-state index contributed by atoms with van der Waals surface area (Å²) >= 11 is 3.34. The Hall–Kier alpha value is -4.32. The lowest BCUT2D eigenvalue weighted by molar-refractivity contribution is 0.401. The van der Waals surface area contributed by atoms with Gasteiger partial charge in [0.05, 0.1) is 6.04 Å². The molecule has 0 saturated heterocycles. The number of benzene rings is 2. The number of aryl methyl sites for hydroxylation is 6. The molecule has 0 atom stereocenters. The molecule has 0 bridgehead atoms. The van der Waals surface area contributed by atoms with E-state index < -0.39 is 6.04 Å². The van der Waals surface area contributed by atoms with Crippen LogP contribution in [0.15, 0.2) is 71.5 Å². The molecule has 6 rings (SSSR count). The van der Waals surface area contributed by atoms with E-state index in [1.807, 2.05) is 23.2 Å². The molecule has 11 heteroatoms. The second kappa shape index (κ2) is 16.6. The van der Waals surface area contributed by atoms with Gasteiger partial charge in [0.25, 0.3) is 0 Å². The summed E-state index contributed by atoms with van der Waals surface area (Å²) in [6, 6.07) is 17.2. The van der Waals surface area contributed by atoms with Crippen LogP contribution < -0.4 is 5.73 Å². The molecule has 0 unspecified atom stereocenters. The van der Waals surface area contributed by atoms with E-state index in [2.05, 4.69) is 138 Å². The minimum absolute atomic E-state index is 0.0508. The summed E-state index contributed by atoms with van der Waals surface area (Å²) in [5, 5.41) is 18.8. The Morgan fingerprint density at radius 2 is 0.946 bits per heavy atom. The summed E-state index contributed by atoms with van der Waals surface area (Å²) < 4.78 is 3.93. The summed E-state index contributed by atoms with van der Waals surface area (Å²) in [6.45, 7) is 22.2. The smallest absolute Gasteiger partial charge is 0.191 e. The van der Waals surface area contributed by atoms with Crippen molar-refractivity contribution in [1.29, 1.82) is 0 Å². The van der Waals surface area contributed by atoms with Gasteiger partial charge in [0.15, 0.2) is 10.3 Å². The normalized spacial score (nSPS) is 12.2. The van der Waals surface area contributed by atoms with E-state index in [-0.39, 0.29) is 10.8 Å². The van der Waals surface area contributed by atoms with Gasteiger partial charge in [0.2, 0.25) is 0 Å². The van der Waals surface area contributed by atoms with Crippen molar-refractivity contribution in [3.8, 4) is 22.3 Å². The maximum atomic E-state index is 8.01. The Morgan fingerprint density at radius 1 is 0.589 bits per heavy atom. The third-order valence-electron chi connectivity index (χ3n) is 9.97. The van der Waals surface area contributed by atoms with E-state index in [0.717, 1.165) is 90.4 Å². The lowest BCUT2D eigenvalue weighted by Crippen LogP contribution is -2.25. The highest BCUT2D eigenvalue weighted by Crippen LogP contribution is 2.46. The highest BCUT2D eigenvalue weighted by Gasteiger charge is 2.33.